The maximum Gasteiger partial charge on any atom is 0.310 e. The molecule has 0 saturated heterocycles. The van der Waals surface area contributed by atoms with Gasteiger partial charge in [0.05, 0.1) is 6.07 Å². The van der Waals surface area contributed by atoms with Crippen molar-refractivity contribution in [3.8, 4) is 23.3 Å². The molecule has 3 rings (SSSR count). The molecular weight excluding hydrogens is 400 g/mol. The second-order valence-electron chi connectivity index (χ2n) is 6.66. The summed E-state index contributed by atoms with van der Waals surface area (Å²) in [6.45, 7) is 3.72. The van der Waals surface area contributed by atoms with Gasteiger partial charge >= 0.3 is 5.97 Å². The van der Waals surface area contributed by atoms with Gasteiger partial charge in [-0.15, -0.1) is 0 Å². The van der Waals surface area contributed by atoms with Gasteiger partial charge in [0.2, 0.25) is 0 Å². The Kier molecular flexibility index (Phi) is 6.95. The fourth-order valence-electron chi connectivity index (χ4n) is 2.74. The monoisotopic (exact) mass is 420 g/mol. The fourth-order valence-corrected chi connectivity index (χ4v) is 2.92. The Morgan fingerprint density at radius 2 is 1.70 bits per heavy atom. The molecule has 0 aliphatic rings. The van der Waals surface area contributed by atoms with E-state index < -0.39 is 6.04 Å². The zero-order valence-corrected chi connectivity index (χ0v) is 17.4. The van der Waals surface area contributed by atoms with E-state index in [-0.39, 0.29) is 12.4 Å². The van der Waals surface area contributed by atoms with Gasteiger partial charge < -0.3 is 14.8 Å². The summed E-state index contributed by atoms with van der Waals surface area (Å²) < 4.78 is 11.2. The highest BCUT2D eigenvalue weighted by atomic mass is 35.5. The normalized spacial score (nSPS) is 11.3. The van der Waals surface area contributed by atoms with Crippen LogP contribution in [-0.4, -0.2) is 5.97 Å². The largest absolute Gasteiger partial charge is 0.457 e. The molecule has 6 heteroatoms. The maximum atomic E-state index is 11.7. The lowest BCUT2D eigenvalue weighted by Crippen LogP contribution is -2.13. The molecule has 0 saturated carbocycles. The van der Waals surface area contributed by atoms with Gasteiger partial charge in [0.15, 0.2) is 0 Å². The van der Waals surface area contributed by atoms with E-state index in [9.17, 15) is 10.1 Å². The molecule has 3 aromatic rings. The molecule has 0 heterocycles. The molecule has 0 bridgehead atoms. The molecule has 1 atom stereocenters. The zero-order valence-electron chi connectivity index (χ0n) is 16.7. The molecule has 0 aliphatic heterocycles. The molecule has 1 unspecified atom stereocenters. The standard InChI is InChI=1S/C24H21ClN2O3/c1-3-24(28)30-23-13-6-17(25)14-21(23)22(15-26)27-18-7-11-20(12-8-18)29-19-9-4-16(2)5-10-19/h4-14,22,27H,3H2,1-2H3. The first-order valence-corrected chi connectivity index (χ1v) is 9.87. The number of nitriles is 1. The van der Waals surface area contributed by atoms with Crippen LogP contribution in [0.25, 0.3) is 0 Å². The van der Waals surface area contributed by atoms with Crippen molar-refractivity contribution in [3.63, 3.8) is 0 Å². The van der Waals surface area contributed by atoms with Crippen LogP contribution in [0, 0.1) is 18.3 Å². The summed E-state index contributed by atoms with van der Waals surface area (Å²) in [5.74, 6) is 1.35. The van der Waals surface area contributed by atoms with Crippen molar-refractivity contribution in [2.45, 2.75) is 26.3 Å². The average Bonchev–Trinajstić information content (AvgIpc) is 2.76. The molecule has 0 spiro atoms. The lowest BCUT2D eigenvalue weighted by molar-refractivity contribution is -0.134. The van der Waals surface area contributed by atoms with E-state index in [1.54, 1.807) is 25.1 Å². The Morgan fingerprint density at radius 3 is 2.30 bits per heavy atom. The van der Waals surface area contributed by atoms with Crippen molar-refractivity contribution in [2.75, 3.05) is 5.32 Å². The minimum absolute atomic E-state index is 0.231. The summed E-state index contributed by atoms with van der Waals surface area (Å²) >= 11 is 6.10. The van der Waals surface area contributed by atoms with Crippen molar-refractivity contribution in [1.82, 2.24) is 0 Å². The summed E-state index contributed by atoms with van der Waals surface area (Å²) in [4.78, 5) is 11.7. The topological polar surface area (TPSA) is 71.4 Å². The van der Waals surface area contributed by atoms with E-state index in [4.69, 9.17) is 21.1 Å². The van der Waals surface area contributed by atoms with E-state index in [1.807, 2.05) is 55.5 Å². The summed E-state index contributed by atoms with van der Waals surface area (Å²) in [5, 5.41) is 13.3. The Bertz CT molecular complexity index is 1060. The number of carbonyl (C=O) groups is 1. The number of aryl methyl sites for hydroxylation is 1. The van der Waals surface area contributed by atoms with Gasteiger partial charge in [0.1, 0.15) is 23.3 Å². The Labute approximate surface area is 180 Å². The first kappa shape index (κ1) is 21.2. The zero-order chi connectivity index (χ0) is 21.5. The minimum atomic E-state index is -0.757. The first-order chi connectivity index (χ1) is 14.5. The quantitative estimate of drug-likeness (QED) is 0.352. The number of hydrogen-bond donors (Lipinski definition) is 1. The number of rotatable bonds is 7. The van der Waals surface area contributed by atoms with Gasteiger partial charge in [-0.05, 0) is 61.5 Å². The molecule has 152 valence electrons. The number of nitrogens with zero attached hydrogens (tertiary/aromatic N) is 1. The lowest BCUT2D eigenvalue weighted by Gasteiger charge is -2.17. The third kappa shape index (κ3) is 5.53. The molecule has 0 aliphatic carbocycles. The smallest absolute Gasteiger partial charge is 0.310 e. The second kappa shape index (κ2) is 9.82. The van der Waals surface area contributed by atoms with Crippen LogP contribution in [0.1, 0.15) is 30.5 Å². The highest BCUT2D eigenvalue weighted by Crippen LogP contribution is 2.32. The van der Waals surface area contributed by atoms with Crippen molar-refractivity contribution in [3.05, 3.63) is 82.9 Å². The summed E-state index contributed by atoms with van der Waals surface area (Å²) in [6, 6.07) is 21.3. The Morgan fingerprint density at radius 1 is 1.07 bits per heavy atom. The van der Waals surface area contributed by atoms with Crippen LogP contribution in [0.15, 0.2) is 66.7 Å². The number of esters is 1. The number of carbonyl (C=O) groups excluding carboxylic acids is 1. The van der Waals surface area contributed by atoms with Crippen LogP contribution >= 0.6 is 11.6 Å². The van der Waals surface area contributed by atoms with Crippen LogP contribution in [0.4, 0.5) is 5.69 Å². The second-order valence-corrected chi connectivity index (χ2v) is 7.09. The molecule has 0 radical (unpaired) electrons. The van der Waals surface area contributed by atoms with E-state index >= 15 is 0 Å². The van der Waals surface area contributed by atoms with Crippen molar-refractivity contribution < 1.29 is 14.3 Å². The van der Waals surface area contributed by atoms with Crippen molar-refractivity contribution >= 4 is 23.3 Å². The van der Waals surface area contributed by atoms with Crippen LogP contribution in [0.5, 0.6) is 17.2 Å². The molecule has 5 nitrogen and oxygen atoms in total. The number of benzene rings is 3. The van der Waals surface area contributed by atoms with E-state index in [0.29, 0.717) is 27.8 Å². The number of halogens is 1. The average molecular weight is 421 g/mol. The van der Waals surface area contributed by atoms with Crippen molar-refractivity contribution in [1.29, 1.82) is 5.26 Å². The molecule has 0 fully saturated rings. The molecule has 30 heavy (non-hydrogen) atoms. The Balaban J connectivity index is 1.76. The van der Waals surface area contributed by atoms with E-state index in [2.05, 4.69) is 11.4 Å². The van der Waals surface area contributed by atoms with Crippen molar-refractivity contribution in [2.24, 2.45) is 0 Å². The number of nitrogens with one attached hydrogen (secondary N) is 1. The third-order valence-electron chi connectivity index (χ3n) is 4.35. The fraction of sp³-hybridized carbons (Fsp3) is 0.167. The van der Waals surface area contributed by atoms with E-state index in [1.165, 1.54) is 0 Å². The number of ether oxygens (including phenoxy) is 2. The van der Waals surface area contributed by atoms with E-state index in [0.717, 1.165) is 11.3 Å². The predicted octanol–water partition coefficient (Wildman–Crippen LogP) is 6.43. The van der Waals surface area contributed by atoms with Gasteiger partial charge in [0, 0.05) is 22.7 Å². The lowest BCUT2D eigenvalue weighted by atomic mass is 10.1. The predicted molar refractivity (Wildman–Crippen MR) is 117 cm³/mol. The molecule has 3 aromatic carbocycles. The molecule has 0 amide bonds. The third-order valence-corrected chi connectivity index (χ3v) is 4.58. The van der Waals surface area contributed by atoms with Crippen LogP contribution in [-0.2, 0) is 4.79 Å². The summed E-state index contributed by atoms with van der Waals surface area (Å²) in [6.07, 6.45) is 0.231. The van der Waals surface area contributed by atoms with Gasteiger partial charge in [-0.2, -0.15) is 5.26 Å². The van der Waals surface area contributed by atoms with Gasteiger partial charge in [-0.3, -0.25) is 4.79 Å². The number of hydrogen-bond acceptors (Lipinski definition) is 5. The van der Waals surface area contributed by atoms with Gasteiger partial charge in [-0.1, -0.05) is 36.2 Å². The number of anilines is 1. The van der Waals surface area contributed by atoms with Crippen LogP contribution in [0.3, 0.4) is 0 Å². The van der Waals surface area contributed by atoms with Crippen LogP contribution in [0.2, 0.25) is 5.02 Å². The molecule has 0 aromatic heterocycles. The van der Waals surface area contributed by atoms with Gasteiger partial charge in [0.25, 0.3) is 0 Å². The summed E-state index contributed by atoms with van der Waals surface area (Å²) in [5.41, 5.74) is 2.37. The first-order valence-electron chi connectivity index (χ1n) is 9.49. The molecule has 1 N–H and O–H groups in total. The van der Waals surface area contributed by atoms with Gasteiger partial charge in [-0.25, -0.2) is 0 Å². The Hall–Kier alpha value is -3.49. The summed E-state index contributed by atoms with van der Waals surface area (Å²) in [7, 11) is 0. The highest BCUT2D eigenvalue weighted by Gasteiger charge is 2.18. The minimum Gasteiger partial charge on any atom is -0.457 e. The van der Waals surface area contributed by atoms with Crippen LogP contribution < -0.4 is 14.8 Å². The highest BCUT2D eigenvalue weighted by molar-refractivity contribution is 6.30. The molecular formula is C24H21ClN2O3. The maximum absolute atomic E-state index is 11.7. The SMILES string of the molecule is CCC(=O)Oc1ccc(Cl)cc1C(C#N)Nc1ccc(Oc2ccc(C)cc2)cc1.